The Morgan fingerprint density at radius 1 is 1.38 bits per heavy atom. The van der Waals surface area contributed by atoms with E-state index in [-0.39, 0.29) is 17.7 Å². The highest BCUT2D eigenvalue weighted by atomic mass is 16.3. The van der Waals surface area contributed by atoms with Gasteiger partial charge < -0.3 is 10.4 Å². The van der Waals surface area contributed by atoms with E-state index < -0.39 is 0 Å². The Labute approximate surface area is 94.8 Å². The number of rotatable bonds is 2. The molecule has 1 amide bonds. The molecule has 0 atom stereocenters. The lowest BCUT2D eigenvalue weighted by atomic mass is 10.1. The van der Waals surface area contributed by atoms with Crippen LogP contribution in [0.3, 0.4) is 0 Å². The van der Waals surface area contributed by atoms with Crippen LogP contribution in [0.4, 0.5) is 0 Å². The van der Waals surface area contributed by atoms with Crippen molar-refractivity contribution in [2.24, 2.45) is 0 Å². The third kappa shape index (κ3) is 2.24. The van der Waals surface area contributed by atoms with Gasteiger partial charge in [-0.15, -0.1) is 0 Å². The normalized spacial score (nSPS) is 15.3. The van der Waals surface area contributed by atoms with E-state index in [9.17, 15) is 9.90 Å². The first kappa shape index (κ1) is 10.7. The van der Waals surface area contributed by atoms with Gasteiger partial charge in [0.2, 0.25) is 0 Å². The summed E-state index contributed by atoms with van der Waals surface area (Å²) in [5.74, 6) is -0.158. The van der Waals surface area contributed by atoms with Gasteiger partial charge >= 0.3 is 0 Å². The smallest absolute Gasteiger partial charge is 0.255 e. The average Bonchev–Trinajstić information content (AvgIpc) is 2.70. The fraction of sp³-hybridized carbons (Fsp3) is 0.308. The summed E-state index contributed by atoms with van der Waals surface area (Å²) < 4.78 is 0. The van der Waals surface area contributed by atoms with E-state index in [1.807, 2.05) is 13.0 Å². The fourth-order valence-corrected chi connectivity index (χ4v) is 1.83. The Bertz CT molecular complexity index is 430. The van der Waals surface area contributed by atoms with Gasteiger partial charge in [0.25, 0.3) is 5.91 Å². The molecule has 1 aliphatic carbocycles. The zero-order valence-electron chi connectivity index (χ0n) is 9.23. The first-order valence-corrected chi connectivity index (χ1v) is 5.42. The van der Waals surface area contributed by atoms with E-state index in [1.165, 1.54) is 0 Å². The summed E-state index contributed by atoms with van der Waals surface area (Å²) in [5.41, 5.74) is 1.29. The minimum atomic E-state index is -0.203. The lowest BCUT2D eigenvalue weighted by Gasteiger charge is -2.12. The van der Waals surface area contributed by atoms with Crippen LogP contribution in [0.25, 0.3) is 0 Å². The van der Waals surface area contributed by atoms with Crippen molar-refractivity contribution >= 4 is 5.91 Å². The number of aromatic hydroxyl groups is 1. The molecule has 0 unspecified atom stereocenters. The Morgan fingerprint density at radius 2 is 2.06 bits per heavy atom. The van der Waals surface area contributed by atoms with E-state index in [0.717, 1.165) is 18.4 Å². The molecule has 0 saturated heterocycles. The molecule has 0 aromatic heterocycles. The largest absolute Gasteiger partial charge is 0.507 e. The van der Waals surface area contributed by atoms with Crippen LogP contribution in [0, 0.1) is 6.92 Å². The maximum atomic E-state index is 11.8. The van der Waals surface area contributed by atoms with Crippen LogP contribution in [0.15, 0.2) is 30.4 Å². The Balaban J connectivity index is 2.08. The molecule has 3 nitrogen and oxygen atoms in total. The van der Waals surface area contributed by atoms with Crippen LogP contribution < -0.4 is 5.32 Å². The molecule has 0 radical (unpaired) electrons. The number of hydrogen-bond acceptors (Lipinski definition) is 2. The standard InChI is InChI=1S/C13H15NO2/c1-9-6-7-11(12(15)8-9)13(16)14-10-4-2-3-5-10/h2-3,6-8,10,15H,4-5H2,1H3,(H,14,16). The third-order valence-electron chi connectivity index (χ3n) is 2.74. The molecule has 1 aliphatic rings. The monoisotopic (exact) mass is 217 g/mol. The van der Waals surface area contributed by atoms with Crippen LogP contribution in [0.1, 0.15) is 28.8 Å². The number of amides is 1. The second-order valence-corrected chi connectivity index (χ2v) is 4.13. The summed E-state index contributed by atoms with van der Waals surface area (Å²) in [6, 6.07) is 5.25. The molecule has 0 heterocycles. The van der Waals surface area contributed by atoms with Crippen molar-refractivity contribution in [1.82, 2.24) is 5.32 Å². The van der Waals surface area contributed by atoms with Gasteiger partial charge in [-0.1, -0.05) is 18.2 Å². The lowest BCUT2D eigenvalue weighted by Crippen LogP contribution is -2.32. The van der Waals surface area contributed by atoms with E-state index in [1.54, 1.807) is 12.1 Å². The molecular weight excluding hydrogens is 202 g/mol. The van der Waals surface area contributed by atoms with Crippen molar-refractivity contribution in [3.05, 3.63) is 41.5 Å². The number of nitrogens with one attached hydrogen (secondary N) is 1. The van der Waals surface area contributed by atoms with Crippen molar-refractivity contribution in [3.63, 3.8) is 0 Å². The Kier molecular flexibility index (Phi) is 2.95. The van der Waals surface area contributed by atoms with Crippen molar-refractivity contribution in [3.8, 4) is 5.75 Å². The summed E-state index contributed by atoms with van der Waals surface area (Å²) >= 11 is 0. The zero-order valence-corrected chi connectivity index (χ0v) is 9.23. The summed E-state index contributed by atoms with van der Waals surface area (Å²) in [6.45, 7) is 1.88. The first-order valence-electron chi connectivity index (χ1n) is 5.42. The van der Waals surface area contributed by atoms with Crippen LogP contribution in [-0.4, -0.2) is 17.1 Å². The summed E-state index contributed by atoms with van der Waals surface area (Å²) in [4.78, 5) is 11.8. The van der Waals surface area contributed by atoms with Crippen LogP contribution in [0.5, 0.6) is 5.75 Å². The lowest BCUT2D eigenvalue weighted by molar-refractivity contribution is 0.0936. The highest BCUT2D eigenvalue weighted by Gasteiger charge is 2.16. The molecule has 0 saturated carbocycles. The quantitative estimate of drug-likeness (QED) is 0.746. The SMILES string of the molecule is Cc1ccc(C(=O)NC2CC=CC2)c(O)c1. The van der Waals surface area contributed by atoms with E-state index >= 15 is 0 Å². The summed E-state index contributed by atoms with van der Waals surface area (Å²) in [6.07, 6.45) is 5.86. The number of hydrogen-bond donors (Lipinski definition) is 2. The number of benzene rings is 1. The highest BCUT2D eigenvalue weighted by molar-refractivity contribution is 5.97. The van der Waals surface area contributed by atoms with Gasteiger partial charge in [0, 0.05) is 6.04 Å². The molecule has 1 aromatic rings. The number of aryl methyl sites for hydroxylation is 1. The number of carbonyl (C=O) groups is 1. The van der Waals surface area contributed by atoms with Gasteiger partial charge in [-0.3, -0.25) is 4.79 Å². The molecule has 2 N–H and O–H groups in total. The molecule has 16 heavy (non-hydrogen) atoms. The van der Waals surface area contributed by atoms with Crippen LogP contribution in [0.2, 0.25) is 0 Å². The van der Waals surface area contributed by atoms with Gasteiger partial charge in [-0.25, -0.2) is 0 Å². The van der Waals surface area contributed by atoms with E-state index in [4.69, 9.17) is 0 Å². The van der Waals surface area contributed by atoms with Gasteiger partial charge in [-0.05, 0) is 37.5 Å². The van der Waals surface area contributed by atoms with Gasteiger partial charge in [0.1, 0.15) is 5.75 Å². The molecular formula is C13H15NO2. The summed E-state index contributed by atoms with van der Waals surface area (Å²) in [7, 11) is 0. The van der Waals surface area contributed by atoms with Crippen LogP contribution >= 0.6 is 0 Å². The van der Waals surface area contributed by atoms with E-state index in [0.29, 0.717) is 5.56 Å². The minimum Gasteiger partial charge on any atom is -0.507 e. The van der Waals surface area contributed by atoms with Gasteiger partial charge in [0.15, 0.2) is 0 Å². The van der Waals surface area contributed by atoms with Gasteiger partial charge in [-0.2, -0.15) is 0 Å². The zero-order chi connectivity index (χ0) is 11.5. The third-order valence-corrected chi connectivity index (χ3v) is 2.74. The van der Waals surface area contributed by atoms with Crippen LogP contribution in [-0.2, 0) is 0 Å². The average molecular weight is 217 g/mol. The van der Waals surface area contributed by atoms with Crippen molar-refractivity contribution in [2.45, 2.75) is 25.8 Å². The molecule has 0 bridgehead atoms. The Morgan fingerprint density at radius 3 is 2.69 bits per heavy atom. The molecule has 2 rings (SSSR count). The highest BCUT2D eigenvalue weighted by Crippen LogP contribution is 2.19. The number of phenolic OH excluding ortho intramolecular Hbond substituents is 1. The second-order valence-electron chi connectivity index (χ2n) is 4.13. The van der Waals surface area contributed by atoms with E-state index in [2.05, 4.69) is 17.5 Å². The van der Waals surface area contributed by atoms with Crippen molar-refractivity contribution < 1.29 is 9.90 Å². The number of carbonyl (C=O) groups excluding carboxylic acids is 1. The second kappa shape index (κ2) is 4.39. The maximum absolute atomic E-state index is 11.8. The molecule has 1 aromatic carbocycles. The van der Waals surface area contributed by atoms with Crippen molar-refractivity contribution in [2.75, 3.05) is 0 Å². The predicted molar refractivity (Wildman–Crippen MR) is 62.5 cm³/mol. The maximum Gasteiger partial charge on any atom is 0.255 e. The Hall–Kier alpha value is -1.77. The summed E-state index contributed by atoms with van der Waals surface area (Å²) in [5, 5.41) is 12.6. The van der Waals surface area contributed by atoms with Gasteiger partial charge in [0.05, 0.1) is 5.56 Å². The molecule has 3 heteroatoms. The first-order chi connectivity index (χ1) is 7.66. The number of phenols is 1. The fourth-order valence-electron chi connectivity index (χ4n) is 1.83. The minimum absolute atomic E-state index is 0.0449. The predicted octanol–water partition coefficient (Wildman–Crippen LogP) is 2.15. The van der Waals surface area contributed by atoms with Crippen molar-refractivity contribution in [1.29, 1.82) is 0 Å². The molecule has 0 aliphatic heterocycles. The molecule has 84 valence electrons. The molecule has 0 spiro atoms. The topological polar surface area (TPSA) is 49.3 Å². The molecule has 0 fully saturated rings.